The molecule has 0 radical (unpaired) electrons. The van der Waals surface area contributed by atoms with Gasteiger partial charge in [-0.15, -0.1) is 0 Å². The van der Waals surface area contributed by atoms with Crippen molar-refractivity contribution in [2.45, 2.75) is 6.10 Å². The lowest BCUT2D eigenvalue weighted by atomic mass is 10.3. The van der Waals surface area contributed by atoms with Gasteiger partial charge in [-0.25, -0.2) is 0 Å². The normalized spacial score (nSPS) is 19.1. The van der Waals surface area contributed by atoms with Gasteiger partial charge in [0.05, 0.1) is 17.3 Å². The summed E-state index contributed by atoms with van der Waals surface area (Å²) in [6.07, 6.45) is 0.289. The Morgan fingerprint density at radius 2 is 2.36 bits per heavy atom. The van der Waals surface area contributed by atoms with Crippen LogP contribution in [0.4, 0.5) is 0 Å². The lowest BCUT2D eigenvalue weighted by molar-refractivity contribution is 0.260. The molecule has 1 fully saturated rings. The monoisotopic (exact) mass is 306 g/mol. The quantitative estimate of drug-likeness (QED) is 0.630. The fourth-order valence-electron chi connectivity index (χ4n) is 1.07. The van der Waals surface area contributed by atoms with E-state index in [4.69, 9.17) is 14.2 Å². The van der Waals surface area contributed by atoms with Crippen molar-refractivity contribution < 1.29 is 14.2 Å². The molecule has 0 amide bonds. The molecule has 0 N–H and O–H groups in total. The summed E-state index contributed by atoms with van der Waals surface area (Å²) in [4.78, 5) is 0. The number of ether oxygens (including phenoxy) is 3. The lowest BCUT2D eigenvalue weighted by Gasteiger charge is -2.08. The van der Waals surface area contributed by atoms with Gasteiger partial charge in [-0.3, -0.25) is 0 Å². The molecular formula is C10H11IO3. The molecule has 1 aliphatic rings. The average molecular weight is 306 g/mol. The van der Waals surface area contributed by atoms with E-state index < -0.39 is 0 Å². The Balaban J connectivity index is 2.04. The Morgan fingerprint density at radius 1 is 1.57 bits per heavy atom. The fraction of sp³-hybridized carbons (Fsp3) is 0.400. The van der Waals surface area contributed by atoms with Gasteiger partial charge in [0.15, 0.2) is 0 Å². The molecule has 1 aliphatic heterocycles. The van der Waals surface area contributed by atoms with Gasteiger partial charge in [0.1, 0.15) is 24.2 Å². The van der Waals surface area contributed by atoms with Crippen LogP contribution in [0.25, 0.3) is 0 Å². The van der Waals surface area contributed by atoms with Gasteiger partial charge < -0.3 is 14.2 Å². The van der Waals surface area contributed by atoms with E-state index >= 15 is 0 Å². The fourth-order valence-corrected chi connectivity index (χ4v) is 1.56. The van der Waals surface area contributed by atoms with E-state index in [2.05, 4.69) is 22.6 Å². The molecule has 4 heteroatoms. The molecule has 3 nitrogen and oxygen atoms in total. The van der Waals surface area contributed by atoms with Crippen LogP contribution < -0.4 is 9.47 Å². The number of rotatable bonds is 4. The highest BCUT2D eigenvalue weighted by molar-refractivity contribution is 14.1. The van der Waals surface area contributed by atoms with Crippen LogP contribution in [0.2, 0.25) is 0 Å². The second kappa shape index (κ2) is 4.35. The predicted octanol–water partition coefficient (Wildman–Crippen LogP) is 2.08. The van der Waals surface area contributed by atoms with Crippen LogP contribution in [0.5, 0.6) is 11.5 Å². The summed E-state index contributed by atoms with van der Waals surface area (Å²) >= 11 is 2.24. The Morgan fingerprint density at radius 3 is 3.00 bits per heavy atom. The van der Waals surface area contributed by atoms with E-state index in [1.165, 1.54) is 0 Å². The Kier molecular flexibility index (Phi) is 3.12. The molecule has 1 atom stereocenters. The van der Waals surface area contributed by atoms with Gasteiger partial charge in [-0.1, -0.05) is 0 Å². The molecule has 2 rings (SSSR count). The van der Waals surface area contributed by atoms with Gasteiger partial charge in [0.2, 0.25) is 0 Å². The van der Waals surface area contributed by atoms with Crippen molar-refractivity contribution in [3.8, 4) is 11.5 Å². The maximum atomic E-state index is 5.59. The number of hydrogen-bond donors (Lipinski definition) is 0. The zero-order valence-electron chi connectivity index (χ0n) is 7.83. The Bertz CT molecular complexity index is 323. The minimum atomic E-state index is 0.289. The third kappa shape index (κ3) is 2.51. The first kappa shape index (κ1) is 10.0. The standard InChI is InChI=1S/C10H11IO3/c1-12-7-2-3-9(11)10(4-7)14-6-8-5-13-8/h2-4,8H,5-6H2,1H3/t8-/m0/s1. The van der Waals surface area contributed by atoms with Crippen LogP contribution in [-0.4, -0.2) is 26.4 Å². The van der Waals surface area contributed by atoms with Gasteiger partial charge >= 0.3 is 0 Å². The van der Waals surface area contributed by atoms with Crippen molar-refractivity contribution >= 4 is 22.6 Å². The molecular weight excluding hydrogens is 295 g/mol. The van der Waals surface area contributed by atoms with Crippen molar-refractivity contribution in [1.82, 2.24) is 0 Å². The molecule has 76 valence electrons. The number of benzene rings is 1. The third-order valence-electron chi connectivity index (χ3n) is 1.97. The molecule has 1 aromatic carbocycles. The predicted molar refractivity (Wildman–Crippen MR) is 60.9 cm³/mol. The van der Waals surface area contributed by atoms with Crippen molar-refractivity contribution in [2.75, 3.05) is 20.3 Å². The molecule has 0 spiro atoms. The highest BCUT2D eigenvalue weighted by Crippen LogP contribution is 2.26. The average Bonchev–Trinajstić information content (AvgIpc) is 3.00. The summed E-state index contributed by atoms with van der Waals surface area (Å²) in [5.74, 6) is 1.68. The molecule has 0 aromatic heterocycles. The van der Waals surface area contributed by atoms with E-state index in [9.17, 15) is 0 Å². The Hall–Kier alpha value is -0.490. The van der Waals surface area contributed by atoms with Crippen LogP contribution >= 0.6 is 22.6 Å². The van der Waals surface area contributed by atoms with Crippen LogP contribution in [0.15, 0.2) is 18.2 Å². The Labute approximate surface area is 96.5 Å². The van der Waals surface area contributed by atoms with E-state index in [0.717, 1.165) is 21.7 Å². The summed E-state index contributed by atoms with van der Waals surface area (Å²) in [7, 11) is 1.65. The molecule has 0 unspecified atom stereocenters. The SMILES string of the molecule is COc1ccc(I)c(OC[C@@H]2CO2)c1. The maximum Gasteiger partial charge on any atom is 0.136 e. The first-order chi connectivity index (χ1) is 6.79. The summed E-state index contributed by atoms with van der Waals surface area (Å²) in [5.41, 5.74) is 0. The summed E-state index contributed by atoms with van der Waals surface area (Å²) in [6.45, 7) is 1.45. The smallest absolute Gasteiger partial charge is 0.136 e. The molecule has 0 bridgehead atoms. The van der Waals surface area contributed by atoms with E-state index in [1.807, 2.05) is 18.2 Å². The van der Waals surface area contributed by atoms with E-state index in [0.29, 0.717) is 6.61 Å². The number of halogens is 1. The second-order valence-corrected chi connectivity index (χ2v) is 4.22. The third-order valence-corrected chi connectivity index (χ3v) is 2.86. The molecule has 1 saturated heterocycles. The number of methoxy groups -OCH3 is 1. The van der Waals surface area contributed by atoms with Crippen molar-refractivity contribution in [3.05, 3.63) is 21.8 Å². The zero-order valence-corrected chi connectivity index (χ0v) is 9.98. The topological polar surface area (TPSA) is 31.0 Å². The summed E-state index contributed by atoms with van der Waals surface area (Å²) < 4.78 is 16.9. The molecule has 0 saturated carbocycles. The minimum absolute atomic E-state index is 0.289. The van der Waals surface area contributed by atoms with Crippen LogP contribution in [0.3, 0.4) is 0 Å². The van der Waals surface area contributed by atoms with Crippen LogP contribution in [0.1, 0.15) is 0 Å². The summed E-state index contributed by atoms with van der Waals surface area (Å²) in [6, 6.07) is 5.79. The van der Waals surface area contributed by atoms with Crippen molar-refractivity contribution in [1.29, 1.82) is 0 Å². The minimum Gasteiger partial charge on any atom is -0.497 e. The van der Waals surface area contributed by atoms with E-state index in [-0.39, 0.29) is 6.10 Å². The van der Waals surface area contributed by atoms with Gasteiger partial charge in [0, 0.05) is 6.07 Å². The van der Waals surface area contributed by atoms with Gasteiger partial charge in [0.25, 0.3) is 0 Å². The van der Waals surface area contributed by atoms with Crippen LogP contribution in [0, 0.1) is 3.57 Å². The van der Waals surface area contributed by atoms with Crippen LogP contribution in [-0.2, 0) is 4.74 Å². The molecule has 14 heavy (non-hydrogen) atoms. The number of hydrogen-bond acceptors (Lipinski definition) is 3. The lowest BCUT2D eigenvalue weighted by Crippen LogP contribution is -2.05. The summed E-state index contributed by atoms with van der Waals surface area (Å²) in [5, 5.41) is 0. The largest absolute Gasteiger partial charge is 0.497 e. The van der Waals surface area contributed by atoms with Gasteiger partial charge in [-0.2, -0.15) is 0 Å². The van der Waals surface area contributed by atoms with E-state index in [1.54, 1.807) is 7.11 Å². The van der Waals surface area contributed by atoms with Gasteiger partial charge in [-0.05, 0) is 34.7 Å². The van der Waals surface area contributed by atoms with Crippen molar-refractivity contribution in [3.63, 3.8) is 0 Å². The highest BCUT2D eigenvalue weighted by Gasteiger charge is 2.23. The number of epoxide rings is 1. The zero-order chi connectivity index (χ0) is 9.97. The highest BCUT2D eigenvalue weighted by atomic mass is 127. The maximum absolute atomic E-state index is 5.59. The first-order valence-electron chi connectivity index (χ1n) is 4.37. The molecule has 1 heterocycles. The molecule has 1 aromatic rings. The second-order valence-electron chi connectivity index (χ2n) is 3.06. The van der Waals surface area contributed by atoms with Crippen molar-refractivity contribution in [2.24, 2.45) is 0 Å². The molecule has 0 aliphatic carbocycles. The first-order valence-corrected chi connectivity index (χ1v) is 5.45.